The van der Waals surface area contributed by atoms with E-state index in [9.17, 15) is 4.79 Å². The molecular weight excluding hydrogens is 412 g/mol. The number of amides is 1. The molecule has 0 radical (unpaired) electrons. The second kappa shape index (κ2) is 10.7. The Labute approximate surface area is 196 Å². The van der Waals surface area contributed by atoms with Gasteiger partial charge in [0.15, 0.2) is 0 Å². The summed E-state index contributed by atoms with van der Waals surface area (Å²) in [6.45, 7) is 5.94. The van der Waals surface area contributed by atoms with Gasteiger partial charge in [0.25, 0.3) is 5.91 Å². The third kappa shape index (κ3) is 6.45. The van der Waals surface area contributed by atoms with Crippen LogP contribution in [0, 0.1) is 12.8 Å². The molecule has 6 heteroatoms. The van der Waals surface area contributed by atoms with Crippen LogP contribution < -0.4 is 4.74 Å². The van der Waals surface area contributed by atoms with E-state index in [1.54, 1.807) is 0 Å². The molecule has 3 aromatic rings. The molecule has 33 heavy (non-hydrogen) atoms. The Morgan fingerprint density at radius 2 is 1.94 bits per heavy atom. The summed E-state index contributed by atoms with van der Waals surface area (Å²) >= 11 is 0. The fourth-order valence-corrected chi connectivity index (χ4v) is 4.44. The molecule has 0 bridgehead atoms. The SMILES string of the molecule is Cc1ccc(C(=O)N2CCCC(COc3cccc(CN(C)Cc4cnn(C)c4)c3)C2)cc1. The fraction of sp³-hybridized carbons (Fsp3) is 0.407. The van der Waals surface area contributed by atoms with E-state index in [0.717, 1.165) is 50.3 Å². The Morgan fingerprint density at radius 3 is 2.70 bits per heavy atom. The maximum Gasteiger partial charge on any atom is 0.253 e. The van der Waals surface area contributed by atoms with Gasteiger partial charge < -0.3 is 9.64 Å². The van der Waals surface area contributed by atoms with Crippen molar-refractivity contribution < 1.29 is 9.53 Å². The molecule has 0 saturated carbocycles. The molecule has 1 aromatic heterocycles. The minimum Gasteiger partial charge on any atom is -0.493 e. The second-order valence-corrected chi connectivity index (χ2v) is 9.28. The van der Waals surface area contributed by atoms with Crippen LogP contribution in [0.3, 0.4) is 0 Å². The summed E-state index contributed by atoms with van der Waals surface area (Å²) in [4.78, 5) is 17.1. The summed E-state index contributed by atoms with van der Waals surface area (Å²) in [5.41, 5.74) is 4.36. The molecule has 6 nitrogen and oxygen atoms in total. The zero-order chi connectivity index (χ0) is 23.2. The highest BCUT2D eigenvalue weighted by atomic mass is 16.5. The Bertz CT molecular complexity index is 1060. The average Bonchev–Trinajstić information content (AvgIpc) is 3.22. The Kier molecular flexibility index (Phi) is 7.45. The van der Waals surface area contributed by atoms with Gasteiger partial charge >= 0.3 is 0 Å². The van der Waals surface area contributed by atoms with Crippen molar-refractivity contribution in [3.63, 3.8) is 0 Å². The third-order valence-corrected chi connectivity index (χ3v) is 6.15. The van der Waals surface area contributed by atoms with Gasteiger partial charge in [-0.2, -0.15) is 5.10 Å². The summed E-state index contributed by atoms with van der Waals surface area (Å²) in [5.74, 6) is 1.37. The van der Waals surface area contributed by atoms with Gasteiger partial charge in [-0.1, -0.05) is 29.8 Å². The molecule has 1 atom stereocenters. The van der Waals surface area contributed by atoms with Gasteiger partial charge in [0.1, 0.15) is 5.75 Å². The number of likely N-dealkylation sites (tertiary alicyclic amines) is 1. The first-order chi connectivity index (χ1) is 16.0. The molecule has 174 valence electrons. The van der Waals surface area contributed by atoms with Gasteiger partial charge in [0, 0.05) is 56.5 Å². The van der Waals surface area contributed by atoms with Crippen LogP contribution in [-0.2, 0) is 20.1 Å². The van der Waals surface area contributed by atoms with Crippen molar-refractivity contribution in [3.8, 4) is 5.75 Å². The van der Waals surface area contributed by atoms with Crippen LogP contribution in [0.5, 0.6) is 5.75 Å². The highest BCUT2D eigenvalue weighted by molar-refractivity contribution is 5.94. The van der Waals surface area contributed by atoms with Gasteiger partial charge in [-0.05, 0) is 56.6 Å². The van der Waals surface area contributed by atoms with Crippen LogP contribution in [0.15, 0.2) is 60.9 Å². The first-order valence-corrected chi connectivity index (χ1v) is 11.7. The number of rotatable bonds is 8. The van der Waals surface area contributed by atoms with Crippen LogP contribution in [0.1, 0.15) is 39.9 Å². The Morgan fingerprint density at radius 1 is 1.15 bits per heavy atom. The van der Waals surface area contributed by atoms with E-state index in [4.69, 9.17) is 4.74 Å². The lowest BCUT2D eigenvalue weighted by molar-refractivity contribution is 0.0633. The molecule has 0 spiro atoms. The maximum absolute atomic E-state index is 12.9. The minimum atomic E-state index is 0.123. The van der Waals surface area contributed by atoms with E-state index < -0.39 is 0 Å². The van der Waals surface area contributed by atoms with Gasteiger partial charge in [0.2, 0.25) is 0 Å². The molecule has 1 fully saturated rings. The standard InChI is InChI=1S/C27H34N4O2/c1-21-9-11-25(12-10-21)27(32)31-13-5-7-23(19-31)20-33-26-8-4-6-22(14-26)16-29(2)17-24-15-28-30(3)18-24/h4,6,8-12,14-15,18,23H,5,7,13,16-17,19-20H2,1-3H3. The van der Waals surface area contributed by atoms with E-state index in [-0.39, 0.29) is 5.91 Å². The summed E-state index contributed by atoms with van der Waals surface area (Å²) in [6.07, 6.45) is 6.07. The topological polar surface area (TPSA) is 50.6 Å². The highest BCUT2D eigenvalue weighted by Crippen LogP contribution is 2.22. The molecule has 0 N–H and O–H groups in total. The number of piperidine rings is 1. The highest BCUT2D eigenvalue weighted by Gasteiger charge is 2.25. The molecule has 0 aliphatic carbocycles. The zero-order valence-electron chi connectivity index (χ0n) is 19.9. The number of hydrogen-bond acceptors (Lipinski definition) is 4. The molecule has 1 unspecified atom stereocenters. The quantitative estimate of drug-likeness (QED) is 0.518. The first-order valence-electron chi connectivity index (χ1n) is 11.7. The number of nitrogens with zero attached hydrogens (tertiary/aromatic N) is 4. The van der Waals surface area contributed by atoms with Gasteiger partial charge in [0.05, 0.1) is 12.8 Å². The normalized spacial score (nSPS) is 16.2. The van der Waals surface area contributed by atoms with Crippen LogP contribution in [0.2, 0.25) is 0 Å². The smallest absolute Gasteiger partial charge is 0.253 e. The zero-order valence-corrected chi connectivity index (χ0v) is 19.9. The number of carbonyl (C=O) groups is 1. The maximum atomic E-state index is 12.9. The van der Waals surface area contributed by atoms with E-state index >= 15 is 0 Å². The lowest BCUT2D eigenvalue weighted by Crippen LogP contribution is -2.41. The fourth-order valence-electron chi connectivity index (χ4n) is 4.44. The van der Waals surface area contributed by atoms with Crippen molar-refractivity contribution in [1.82, 2.24) is 19.6 Å². The van der Waals surface area contributed by atoms with Crippen LogP contribution in [0.25, 0.3) is 0 Å². The number of hydrogen-bond donors (Lipinski definition) is 0. The third-order valence-electron chi connectivity index (χ3n) is 6.15. The van der Waals surface area contributed by atoms with Crippen molar-refractivity contribution in [1.29, 1.82) is 0 Å². The number of aryl methyl sites for hydroxylation is 2. The Balaban J connectivity index is 1.28. The van der Waals surface area contributed by atoms with Gasteiger partial charge in [-0.3, -0.25) is 14.4 Å². The lowest BCUT2D eigenvalue weighted by Gasteiger charge is -2.32. The first kappa shape index (κ1) is 23.1. The molecule has 2 heterocycles. The van der Waals surface area contributed by atoms with Crippen LogP contribution in [0.4, 0.5) is 0 Å². The molecule has 1 amide bonds. The van der Waals surface area contributed by atoms with Crippen molar-refractivity contribution in [2.75, 3.05) is 26.7 Å². The van der Waals surface area contributed by atoms with E-state index in [0.29, 0.717) is 12.5 Å². The van der Waals surface area contributed by atoms with Crippen LogP contribution in [-0.4, -0.2) is 52.2 Å². The predicted octanol–water partition coefficient (Wildman–Crippen LogP) is 4.29. The monoisotopic (exact) mass is 446 g/mol. The van der Waals surface area contributed by atoms with Crippen LogP contribution >= 0.6 is 0 Å². The molecule has 1 aliphatic heterocycles. The van der Waals surface area contributed by atoms with E-state index in [1.807, 2.05) is 66.3 Å². The van der Waals surface area contributed by atoms with Gasteiger partial charge in [-0.25, -0.2) is 0 Å². The number of ether oxygens (including phenoxy) is 1. The summed E-state index contributed by atoms with van der Waals surface area (Å²) < 4.78 is 8.00. The minimum absolute atomic E-state index is 0.123. The number of benzene rings is 2. The summed E-state index contributed by atoms with van der Waals surface area (Å²) in [5, 5.41) is 4.24. The molecule has 4 rings (SSSR count). The summed E-state index contributed by atoms with van der Waals surface area (Å²) in [7, 11) is 4.05. The van der Waals surface area contributed by atoms with Crippen molar-refractivity contribution in [2.45, 2.75) is 32.9 Å². The number of carbonyl (C=O) groups excluding carboxylic acids is 1. The lowest BCUT2D eigenvalue weighted by atomic mass is 9.98. The number of aromatic nitrogens is 2. The largest absolute Gasteiger partial charge is 0.493 e. The molecule has 1 saturated heterocycles. The molecule has 2 aromatic carbocycles. The predicted molar refractivity (Wildman–Crippen MR) is 130 cm³/mol. The van der Waals surface area contributed by atoms with Crippen molar-refractivity contribution in [3.05, 3.63) is 83.2 Å². The average molecular weight is 447 g/mol. The van der Waals surface area contributed by atoms with Gasteiger partial charge in [-0.15, -0.1) is 0 Å². The van der Waals surface area contributed by atoms with Crippen molar-refractivity contribution in [2.24, 2.45) is 13.0 Å². The molecular formula is C27H34N4O2. The van der Waals surface area contributed by atoms with E-state index in [2.05, 4.69) is 35.2 Å². The second-order valence-electron chi connectivity index (χ2n) is 9.28. The van der Waals surface area contributed by atoms with E-state index in [1.165, 1.54) is 16.7 Å². The summed E-state index contributed by atoms with van der Waals surface area (Å²) in [6, 6.07) is 16.2. The Hall–Kier alpha value is -3.12. The molecule has 1 aliphatic rings. The van der Waals surface area contributed by atoms with Crippen molar-refractivity contribution >= 4 is 5.91 Å².